The Morgan fingerprint density at radius 2 is 2.27 bits per heavy atom. The average Bonchev–Trinajstić information content (AvgIpc) is 2.79. The number of aromatic nitrogens is 1. The van der Waals surface area contributed by atoms with Crippen LogP contribution in [0.3, 0.4) is 0 Å². The first kappa shape index (κ1) is 9.98. The van der Waals surface area contributed by atoms with Gasteiger partial charge in [-0.05, 0) is 17.5 Å². The lowest BCUT2D eigenvalue weighted by Gasteiger charge is -2.05. The highest BCUT2D eigenvalue weighted by Crippen LogP contribution is 2.15. The number of pyridine rings is 1. The van der Waals surface area contributed by atoms with Crippen molar-refractivity contribution in [3.05, 3.63) is 40.6 Å². The molecule has 15 heavy (non-hydrogen) atoms. The molecule has 0 spiro atoms. The van der Waals surface area contributed by atoms with Crippen molar-refractivity contribution in [1.82, 2.24) is 4.98 Å². The lowest BCUT2D eigenvalue weighted by molar-refractivity contribution is 0.298. The van der Waals surface area contributed by atoms with Crippen molar-refractivity contribution in [2.45, 2.75) is 6.61 Å². The first-order valence-electron chi connectivity index (χ1n) is 4.68. The summed E-state index contributed by atoms with van der Waals surface area (Å²) in [4.78, 5) is 5.46. The first-order valence-corrected chi connectivity index (χ1v) is 5.56. The van der Waals surface area contributed by atoms with Crippen LogP contribution in [0.5, 0.6) is 5.88 Å². The fourth-order valence-electron chi connectivity index (χ4n) is 1.17. The topological polar surface area (TPSA) is 34.1 Å². The van der Waals surface area contributed by atoms with E-state index in [0.29, 0.717) is 12.5 Å². The summed E-state index contributed by atoms with van der Waals surface area (Å²) < 4.78 is 5.55. The molecule has 0 atom stereocenters. The summed E-state index contributed by atoms with van der Waals surface area (Å²) in [5, 5.41) is 5.01. The third-order valence-electron chi connectivity index (χ3n) is 1.92. The van der Waals surface area contributed by atoms with E-state index in [1.54, 1.807) is 11.3 Å². The smallest absolute Gasteiger partial charge is 0.215 e. The zero-order valence-electron chi connectivity index (χ0n) is 8.43. The summed E-state index contributed by atoms with van der Waals surface area (Å²) in [7, 11) is 1.84. The first-order chi connectivity index (χ1) is 7.38. The van der Waals surface area contributed by atoms with Crippen LogP contribution in [0.25, 0.3) is 0 Å². The summed E-state index contributed by atoms with van der Waals surface area (Å²) >= 11 is 1.68. The summed E-state index contributed by atoms with van der Waals surface area (Å²) in [5.74, 6) is 1.47. The Morgan fingerprint density at radius 1 is 1.33 bits per heavy atom. The predicted molar refractivity (Wildman–Crippen MR) is 62.4 cm³/mol. The third-order valence-corrected chi connectivity index (χ3v) is 2.77. The molecular formula is C11H12N2OS. The molecule has 0 aliphatic carbocycles. The number of nitrogens with zero attached hydrogens (tertiary/aromatic N) is 1. The van der Waals surface area contributed by atoms with E-state index in [4.69, 9.17) is 4.74 Å². The molecule has 0 aliphatic rings. The van der Waals surface area contributed by atoms with E-state index in [0.717, 1.165) is 5.82 Å². The Kier molecular flexibility index (Phi) is 3.19. The molecule has 0 aliphatic heterocycles. The van der Waals surface area contributed by atoms with Crippen LogP contribution in [0.4, 0.5) is 5.82 Å². The molecule has 0 aromatic carbocycles. The minimum absolute atomic E-state index is 0.581. The summed E-state index contributed by atoms with van der Waals surface area (Å²) in [6, 6.07) is 9.74. The Labute approximate surface area is 92.7 Å². The van der Waals surface area contributed by atoms with Crippen LogP contribution < -0.4 is 10.1 Å². The highest BCUT2D eigenvalue weighted by molar-refractivity contribution is 7.09. The van der Waals surface area contributed by atoms with Crippen LogP contribution in [-0.4, -0.2) is 12.0 Å². The van der Waals surface area contributed by atoms with Crippen molar-refractivity contribution in [2.75, 3.05) is 12.4 Å². The maximum Gasteiger partial charge on any atom is 0.215 e. The van der Waals surface area contributed by atoms with E-state index in [-0.39, 0.29) is 0 Å². The molecule has 0 bridgehead atoms. The number of hydrogen-bond donors (Lipinski definition) is 1. The van der Waals surface area contributed by atoms with Crippen LogP contribution in [0.2, 0.25) is 0 Å². The number of hydrogen-bond acceptors (Lipinski definition) is 4. The summed E-state index contributed by atoms with van der Waals surface area (Å²) in [6.07, 6.45) is 0. The number of ether oxygens (including phenoxy) is 1. The van der Waals surface area contributed by atoms with Crippen LogP contribution >= 0.6 is 11.3 Å². The average molecular weight is 220 g/mol. The van der Waals surface area contributed by atoms with E-state index in [1.807, 2.05) is 42.8 Å². The maximum absolute atomic E-state index is 5.55. The van der Waals surface area contributed by atoms with Gasteiger partial charge in [0.05, 0.1) is 0 Å². The normalized spacial score (nSPS) is 9.93. The molecule has 0 unspecified atom stereocenters. The molecule has 0 fully saturated rings. The van der Waals surface area contributed by atoms with E-state index in [9.17, 15) is 0 Å². The van der Waals surface area contributed by atoms with Crippen LogP contribution in [0.15, 0.2) is 35.7 Å². The number of thiophene rings is 1. The van der Waals surface area contributed by atoms with Gasteiger partial charge in [-0.1, -0.05) is 12.1 Å². The van der Waals surface area contributed by atoms with Crippen LogP contribution in [0, 0.1) is 0 Å². The monoisotopic (exact) mass is 220 g/mol. The van der Waals surface area contributed by atoms with Gasteiger partial charge in [0.15, 0.2) is 0 Å². The molecule has 0 saturated carbocycles. The molecular weight excluding hydrogens is 208 g/mol. The van der Waals surface area contributed by atoms with Gasteiger partial charge in [-0.2, -0.15) is 4.98 Å². The Balaban J connectivity index is 1.98. The van der Waals surface area contributed by atoms with Gasteiger partial charge in [0.2, 0.25) is 5.88 Å². The molecule has 2 heterocycles. The largest absolute Gasteiger partial charge is 0.472 e. The zero-order valence-corrected chi connectivity index (χ0v) is 9.25. The second-order valence-corrected chi connectivity index (χ2v) is 4.01. The van der Waals surface area contributed by atoms with Crippen molar-refractivity contribution in [3.63, 3.8) is 0 Å². The van der Waals surface area contributed by atoms with E-state index in [2.05, 4.69) is 10.3 Å². The Bertz CT molecular complexity index is 414. The van der Waals surface area contributed by atoms with Crippen molar-refractivity contribution < 1.29 is 4.74 Å². The second-order valence-electron chi connectivity index (χ2n) is 2.98. The number of anilines is 1. The van der Waals surface area contributed by atoms with Gasteiger partial charge in [0, 0.05) is 18.0 Å². The second kappa shape index (κ2) is 4.79. The van der Waals surface area contributed by atoms with Crippen molar-refractivity contribution >= 4 is 17.2 Å². The molecule has 0 saturated heterocycles. The fourth-order valence-corrected chi connectivity index (χ4v) is 1.79. The van der Waals surface area contributed by atoms with Gasteiger partial charge < -0.3 is 10.1 Å². The summed E-state index contributed by atoms with van der Waals surface area (Å²) in [6.45, 7) is 0.581. The third kappa shape index (κ3) is 2.70. The SMILES string of the molecule is CNc1cccc(OCc2cccs2)n1. The molecule has 0 amide bonds. The van der Waals surface area contributed by atoms with E-state index >= 15 is 0 Å². The van der Waals surface area contributed by atoms with Gasteiger partial charge in [-0.25, -0.2) is 0 Å². The molecule has 1 N–H and O–H groups in total. The lowest BCUT2D eigenvalue weighted by atomic mass is 10.4. The number of rotatable bonds is 4. The number of nitrogens with one attached hydrogen (secondary N) is 1. The van der Waals surface area contributed by atoms with Crippen molar-refractivity contribution in [1.29, 1.82) is 0 Å². The van der Waals surface area contributed by atoms with Gasteiger partial charge >= 0.3 is 0 Å². The molecule has 2 aromatic heterocycles. The summed E-state index contributed by atoms with van der Waals surface area (Å²) in [5.41, 5.74) is 0. The van der Waals surface area contributed by atoms with Crippen molar-refractivity contribution in [3.8, 4) is 5.88 Å². The highest BCUT2D eigenvalue weighted by Gasteiger charge is 1.98. The van der Waals surface area contributed by atoms with Crippen molar-refractivity contribution in [2.24, 2.45) is 0 Å². The lowest BCUT2D eigenvalue weighted by Crippen LogP contribution is -1.97. The van der Waals surface area contributed by atoms with Crippen LogP contribution in [-0.2, 0) is 6.61 Å². The molecule has 4 heteroatoms. The molecule has 3 nitrogen and oxygen atoms in total. The van der Waals surface area contributed by atoms with Gasteiger partial charge in [0.1, 0.15) is 12.4 Å². The standard InChI is InChI=1S/C11H12N2OS/c1-12-10-5-2-6-11(13-10)14-8-9-4-3-7-15-9/h2-7H,8H2,1H3,(H,12,13). The van der Waals surface area contributed by atoms with Gasteiger partial charge in [0.25, 0.3) is 0 Å². The molecule has 78 valence electrons. The zero-order chi connectivity index (χ0) is 10.5. The van der Waals surface area contributed by atoms with Gasteiger partial charge in [-0.3, -0.25) is 0 Å². The Hall–Kier alpha value is -1.55. The predicted octanol–water partition coefficient (Wildman–Crippen LogP) is 2.76. The molecule has 2 aromatic rings. The molecule has 0 radical (unpaired) electrons. The highest BCUT2D eigenvalue weighted by atomic mass is 32.1. The minimum atomic E-state index is 0.581. The van der Waals surface area contributed by atoms with Gasteiger partial charge in [-0.15, -0.1) is 11.3 Å². The maximum atomic E-state index is 5.55. The fraction of sp³-hybridized carbons (Fsp3) is 0.182. The molecule has 2 rings (SSSR count). The minimum Gasteiger partial charge on any atom is -0.472 e. The Morgan fingerprint density at radius 3 is 3.00 bits per heavy atom. The van der Waals surface area contributed by atoms with Crippen LogP contribution in [0.1, 0.15) is 4.88 Å². The van der Waals surface area contributed by atoms with E-state index < -0.39 is 0 Å². The van der Waals surface area contributed by atoms with E-state index in [1.165, 1.54) is 4.88 Å². The quantitative estimate of drug-likeness (QED) is 0.860.